The van der Waals surface area contributed by atoms with Gasteiger partial charge in [-0.15, -0.1) is 5.10 Å². The monoisotopic (exact) mass is 420 g/mol. The van der Waals surface area contributed by atoms with Crippen molar-refractivity contribution >= 4 is 16.6 Å². The third kappa shape index (κ3) is 4.24. The lowest BCUT2D eigenvalue weighted by Crippen LogP contribution is -2.36. The van der Waals surface area contributed by atoms with Crippen molar-refractivity contribution in [1.29, 1.82) is 0 Å². The van der Waals surface area contributed by atoms with Crippen LogP contribution in [-0.2, 0) is 0 Å². The molecule has 164 valence electrons. The quantitative estimate of drug-likeness (QED) is 0.654. The van der Waals surface area contributed by atoms with E-state index in [2.05, 4.69) is 14.9 Å². The van der Waals surface area contributed by atoms with Crippen LogP contribution in [0.4, 0.5) is 5.82 Å². The van der Waals surface area contributed by atoms with Crippen LogP contribution in [0.25, 0.3) is 16.5 Å². The van der Waals surface area contributed by atoms with Crippen LogP contribution in [0, 0.1) is 5.92 Å². The first-order valence-corrected chi connectivity index (χ1v) is 11.7. The van der Waals surface area contributed by atoms with Crippen molar-refractivity contribution in [3.8, 4) is 5.69 Å². The number of rotatable bonds is 5. The Morgan fingerprint density at radius 1 is 1.06 bits per heavy atom. The summed E-state index contributed by atoms with van der Waals surface area (Å²) in [6.07, 6.45) is 12.2. The van der Waals surface area contributed by atoms with Crippen molar-refractivity contribution in [3.05, 3.63) is 46.8 Å². The smallest absolute Gasteiger partial charge is 0.348 e. The van der Waals surface area contributed by atoms with E-state index in [0.29, 0.717) is 5.82 Å². The van der Waals surface area contributed by atoms with Gasteiger partial charge in [0.05, 0.1) is 5.69 Å². The number of nitrogen functional groups attached to an aromatic ring is 1. The van der Waals surface area contributed by atoms with Gasteiger partial charge in [-0.1, -0.05) is 44.2 Å². The summed E-state index contributed by atoms with van der Waals surface area (Å²) >= 11 is 0. The molecular weight excluding hydrogens is 388 g/mol. The summed E-state index contributed by atoms with van der Waals surface area (Å²) in [5.41, 5.74) is 6.57. The normalized spacial score (nSPS) is 21.0. The van der Waals surface area contributed by atoms with Gasteiger partial charge in [-0.2, -0.15) is 4.68 Å². The average Bonchev–Trinajstić information content (AvgIpc) is 3.20. The average molecular weight is 421 g/mol. The number of nitrogens with zero attached hydrogens (tertiary/aromatic N) is 4. The van der Waals surface area contributed by atoms with Crippen molar-refractivity contribution in [1.82, 2.24) is 24.6 Å². The van der Waals surface area contributed by atoms with Gasteiger partial charge in [-0.05, 0) is 50.4 Å². The number of fused-ring (bicyclic) bond motifs is 1. The number of H-pyrrole nitrogens is 1. The van der Waals surface area contributed by atoms with E-state index in [1.54, 1.807) is 6.20 Å². The zero-order valence-corrected chi connectivity index (χ0v) is 18.1. The van der Waals surface area contributed by atoms with Gasteiger partial charge in [-0.3, -0.25) is 4.98 Å². The van der Waals surface area contributed by atoms with Gasteiger partial charge in [0, 0.05) is 29.4 Å². The minimum atomic E-state index is -0.197. The lowest BCUT2D eigenvalue weighted by Gasteiger charge is -2.33. The third-order valence-corrected chi connectivity index (χ3v) is 7.15. The number of hydrogen-bond donors (Lipinski definition) is 2. The van der Waals surface area contributed by atoms with Gasteiger partial charge in [-0.25, -0.2) is 9.78 Å². The standard InChI is InChI=1S/C24H32N6O/c25-22-20-9-4-10-21(19(20)11-13-26-22)30-24(31)27-23(28-30)18-8-5-14-29(16-18)15-12-17-6-2-1-3-7-17/h4,9-11,13,17-18H,1-3,5-8,12,14-16H2,(H2,25,26)(H,27,28,31). The molecular formula is C24H32N6O. The molecule has 2 aliphatic rings. The Morgan fingerprint density at radius 2 is 1.94 bits per heavy atom. The van der Waals surface area contributed by atoms with Crippen LogP contribution in [0.15, 0.2) is 35.3 Å². The van der Waals surface area contributed by atoms with Gasteiger partial charge in [0.15, 0.2) is 0 Å². The van der Waals surface area contributed by atoms with Crippen molar-refractivity contribution in [2.24, 2.45) is 5.92 Å². The number of nitrogens with two attached hydrogens (primary N) is 1. The fourth-order valence-corrected chi connectivity index (χ4v) is 5.41. The van der Waals surface area contributed by atoms with Gasteiger partial charge in [0.2, 0.25) is 0 Å². The Labute approximate surface area is 182 Å². The molecule has 1 aromatic carbocycles. The maximum atomic E-state index is 12.8. The molecule has 2 fully saturated rings. The number of piperidine rings is 1. The van der Waals surface area contributed by atoms with Crippen LogP contribution in [0.5, 0.6) is 0 Å². The van der Waals surface area contributed by atoms with Crippen LogP contribution in [-0.4, -0.2) is 44.3 Å². The summed E-state index contributed by atoms with van der Waals surface area (Å²) in [5.74, 6) is 2.44. The van der Waals surface area contributed by atoms with Crippen molar-refractivity contribution in [2.45, 2.75) is 57.3 Å². The highest BCUT2D eigenvalue weighted by Gasteiger charge is 2.26. The van der Waals surface area contributed by atoms with Gasteiger partial charge < -0.3 is 10.6 Å². The molecule has 3 heterocycles. The first kappa shape index (κ1) is 20.2. The minimum Gasteiger partial charge on any atom is -0.383 e. The Morgan fingerprint density at radius 3 is 2.81 bits per heavy atom. The zero-order chi connectivity index (χ0) is 21.2. The fourth-order valence-electron chi connectivity index (χ4n) is 5.41. The number of likely N-dealkylation sites (tertiary alicyclic amines) is 1. The largest absolute Gasteiger partial charge is 0.383 e. The highest BCUT2D eigenvalue weighted by molar-refractivity contribution is 5.96. The summed E-state index contributed by atoms with van der Waals surface area (Å²) in [4.78, 5) is 22.6. The molecule has 0 radical (unpaired) electrons. The molecule has 3 aromatic rings. The second-order valence-corrected chi connectivity index (χ2v) is 9.23. The maximum Gasteiger partial charge on any atom is 0.348 e. The van der Waals surface area contributed by atoms with E-state index in [9.17, 15) is 4.79 Å². The topological polar surface area (TPSA) is 92.8 Å². The predicted molar refractivity (Wildman–Crippen MR) is 124 cm³/mol. The molecule has 0 spiro atoms. The molecule has 1 unspecified atom stereocenters. The van der Waals surface area contributed by atoms with Gasteiger partial charge in [0.25, 0.3) is 0 Å². The molecule has 7 nitrogen and oxygen atoms in total. The molecule has 1 aliphatic carbocycles. The molecule has 0 bridgehead atoms. The second kappa shape index (κ2) is 8.83. The first-order chi connectivity index (χ1) is 15.2. The highest BCUT2D eigenvalue weighted by atomic mass is 16.1. The van der Waals surface area contributed by atoms with Crippen LogP contribution in [0.1, 0.15) is 63.1 Å². The Balaban J connectivity index is 1.34. The Kier molecular flexibility index (Phi) is 5.76. The predicted octanol–water partition coefficient (Wildman–Crippen LogP) is 3.84. The van der Waals surface area contributed by atoms with Crippen LogP contribution < -0.4 is 11.4 Å². The number of nitrogens with one attached hydrogen (secondary N) is 1. The molecule has 3 N–H and O–H groups in total. The van der Waals surface area contributed by atoms with Crippen molar-refractivity contribution < 1.29 is 0 Å². The Bertz CT molecular complexity index is 1100. The molecule has 1 saturated heterocycles. The third-order valence-electron chi connectivity index (χ3n) is 7.15. The number of pyridine rings is 1. The van der Waals surface area contributed by atoms with Crippen molar-refractivity contribution in [3.63, 3.8) is 0 Å². The number of benzene rings is 1. The SMILES string of the molecule is Nc1nccc2c(-n3nc(C4CCCN(CCC5CCCCC5)C4)[nH]c3=O)cccc12. The molecule has 1 atom stereocenters. The fraction of sp³-hybridized carbons (Fsp3) is 0.542. The van der Waals surface area contributed by atoms with E-state index in [1.165, 1.54) is 49.8 Å². The van der Waals surface area contributed by atoms with E-state index < -0.39 is 0 Å². The summed E-state index contributed by atoms with van der Waals surface area (Å²) in [6.45, 7) is 3.30. The van der Waals surface area contributed by atoms with E-state index in [0.717, 1.165) is 54.1 Å². The van der Waals surface area contributed by atoms with E-state index in [1.807, 2.05) is 24.3 Å². The molecule has 2 aromatic heterocycles. The lowest BCUT2D eigenvalue weighted by atomic mass is 9.86. The Hall–Kier alpha value is -2.67. The van der Waals surface area contributed by atoms with Crippen molar-refractivity contribution in [2.75, 3.05) is 25.4 Å². The molecule has 7 heteroatoms. The summed E-state index contributed by atoms with van der Waals surface area (Å²) in [6, 6.07) is 7.61. The summed E-state index contributed by atoms with van der Waals surface area (Å²) in [5, 5.41) is 6.45. The minimum absolute atomic E-state index is 0.197. The summed E-state index contributed by atoms with van der Waals surface area (Å²) in [7, 11) is 0. The number of anilines is 1. The lowest BCUT2D eigenvalue weighted by molar-refractivity contribution is 0.182. The number of hydrogen-bond acceptors (Lipinski definition) is 5. The number of aromatic nitrogens is 4. The molecule has 31 heavy (non-hydrogen) atoms. The molecule has 0 amide bonds. The number of aromatic amines is 1. The van der Waals surface area contributed by atoms with E-state index in [4.69, 9.17) is 10.8 Å². The second-order valence-electron chi connectivity index (χ2n) is 9.23. The molecule has 5 rings (SSSR count). The van der Waals surface area contributed by atoms with Crippen LogP contribution >= 0.6 is 0 Å². The maximum absolute atomic E-state index is 12.8. The summed E-state index contributed by atoms with van der Waals surface area (Å²) < 4.78 is 1.48. The molecule has 1 saturated carbocycles. The van der Waals surface area contributed by atoms with Crippen LogP contribution in [0.3, 0.4) is 0 Å². The highest BCUT2D eigenvalue weighted by Crippen LogP contribution is 2.29. The van der Waals surface area contributed by atoms with E-state index in [-0.39, 0.29) is 11.6 Å². The van der Waals surface area contributed by atoms with E-state index >= 15 is 0 Å². The van der Waals surface area contributed by atoms with Gasteiger partial charge in [0.1, 0.15) is 11.6 Å². The molecule has 1 aliphatic heterocycles. The van der Waals surface area contributed by atoms with Crippen LogP contribution in [0.2, 0.25) is 0 Å². The first-order valence-electron chi connectivity index (χ1n) is 11.7. The van der Waals surface area contributed by atoms with Gasteiger partial charge >= 0.3 is 5.69 Å². The zero-order valence-electron chi connectivity index (χ0n) is 18.1.